The summed E-state index contributed by atoms with van der Waals surface area (Å²) in [6, 6.07) is 10.2. The van der Waals surface area contributed by atoms with Crippen LogP contribution in [0.25, 0.3) is 5.82 Å². The van der Waals surface area contributed by atoms with E-state index in [1.165, 1.54) is 11.0 Å². The van der Waals surface area contributed by atoms with Crippen molar-refractivity contribution in [3.05, 3.63) is 54.6 Å². The maximum Gasteiger partial charge on any atom is 0.248 e. The Kier molecular flexibility index (Phi) is 5.14. The Morgan fingerprint density at radius 3 is 2.48 bits per heavy atom. The van der Waals surface area contributed by atoms with Crippen molar-refractivity contribution >= 4 is 23.3 Å². The average Bonchev–Trinajstić information content (AvgIpc) is 3.29. The topological polar surface area (TPSA) is 132 Å². The fraction of sp³-hybridized carbons (Fsp3) is 0.263. The Bertz CT molecular complexity index is 986. The number of nitrogens with one attached hydrogen (secondary N) is 1. The second-order valence-electron chi connectivity index (χ2n) is 6.81. The lowest BCUT2D eigenvalue weighted by molar-refractivity contribution is -0.120. The summed E-state index contributed by atoms with van der Waals surface area (Å²) in [4.78, 5) is 29.8. The molecule has 10 nitrogen and oxygen atoms in total. The van der Waals surface area contributed by atoms with Crippen molar-refractivity contribution in [1.29, 1.82) is 0 Å². The van der Waals surface area contributed by atoms with Gasteiger partial charge in [-0.3, -0.25) is 9.59 Å². The van der Waals surface area contributed by atoms with Crippen LogP contribution in [0.5, 0.6) is 0 Å². The van der Waals surface area contributed by atoms with Gasteiger partial charge in [0.15, 0.2) is 11.6 Å². The first kappa shape index (κ1) is 18.5. The van der Waals surface area contributed by atoms with Crippen molar-refractivity contribution < 1.29 is 9.59 Å². The molecule has 3 N–H and O–H groups in total. The summed E-state index contributed by atoms with van der Waals surface area (Å²) in [5, 5.41) is 15.4. The largest absolute Gasteiger partial charge is 0.366 e. The standard InChI is InChI=1S/C19H20N8O2/c20-18(28)13-3-5-15(6-4-13)23-19(29)14-2-1-9-26(10-14)16-7-8-17(25-24-16)27-12-21-11-22-27/h3-8,11-12,14H,1-2,9-10H2,(H2,20,28)(H,23,29). The predicted molar refractivity (Wildman–Crippen MR) is 105 cm³/mol. The number of anilines is 2. The van der Waals surface area contributed by atoms with Crippen molar-refractivity contribution in [2.75, 3.05) is 23.3 Å². The number of amides is 2. The fourth-order valence-electron chi connectivity index (χ4n) is 3.30. The summed E-state index contributed by atoms with van der Waals surface area (Å²) in [7, 11) is 0. The van der Waals surface area contributed by atoms with Gasteiger partial charge < -0.3 is 16.0 Å². The molecule has 1 unspecified atom stereocenters. The van der Waals surface area contributed by atoms with E-state index in [9.17, 15) is 9.59 Å². The van der Waals surface area contributed by atoms with Crippen LogP contribution in [-0.4, -0.2) is 49.9 Å². The predicted octanol–water partition coefficient (Wildman–Crippen LogP) is 1.01. The number of piperidine rings is 1. The molecule has 1 atom stereocenters. The van der Waals surface area contributed by atoms with Crippen LogP contribution in [-0.2, 0) is 4.79 Å². The molecular formula is C19H20N8O2. The first-order chi connectivity index (χ1) is 14.1. The molecule has 3 aromatic rings. The molecule has 148 valence electrons. The van der Waals surface area contributed by atoms with E-state index in [4.69, 9.17) is 5.73 Å². The van der Waals surface area contributed by atoms with Gasteiger partial charge >= 0.3 is 0 Å². The molecule has 0 spiro atoms. The lowest BCUT2D eigenvalue weighted by Crippen LogP contribution is -2.41. The number of nitrogens with zero attached hydrogens (tertiary/aromatic N) is 6. The molecule has 10 heteroatoms. The van der Waals surface area contributed by atoms with Crippen molar-refractivity contribution in [2.45, 2.75) is 12.8 Å². The molecule has 0 saturated carbocycles. The Balaban J connectivity index is 1.39. The van der Waals surface area contributed by atoms with Gasteiger partial charge in [-0.15, -0.1) is 10.2 Å². The fourth-order valence-corrected chi connectivity index (χ4v) is 3.30. The monoisotopic (exact) mass is 392 g/mol. The smallest absolute Gasteiger partial charge is 0.248 e. The van der Waals surface area contributed by atoms with Crippen molar-refractivity contribution in [2.24, 2.45) is 11.7 Å². The second-order valence-corrected chi connectivity index (χ2v) is 6.81. The third-order valence-electron chi connectivity index (χ3n) is 4.84. The molecule has 1 aromatic carbocycles. The van der Waals surface area contributed by atoms with E-state index in [2.05, 4.69) is 30.5 Å². The summed E-state index contributed by atoms with van der Waals surface area (Å²) in [6.45, 7) is 1.37. The zero-order valence-electron chi connectivity index (χ0n) is 15.6. The number of benzene rings is 1. The summed E-state index contributed by atoms with van der Waals surface area (Å²) >= 11 is 0. The van der Waals surface area contributed by atoms with Crippen LogP contribution in [0.2, 0.25) is 0 Å². The van der Waals surface area contributed by atoms with Gasteiger partial charge in [0.1, 0.15) is 12.7 Å². The lowest BCUT2D eigenvalue weighted by atomic mass is 9.97. The van der Waals surface area contributed by atoms with Crippen LogP contribution in [0.15, 0.2) is 49.1 Å². The SMILES string of the molecule is NC(=O)c1ccc(NC(=O)C2CCCN(c3ccc(-n4cncn4)nn3)C2)cc1. The van der Waals surface area contributed by atoms with E-state index in [0.717, 1.165) is 25.2 Å². The van der Waals surface area contributed by atoms with Gasteiger partial charge in [0.25, 0.3) is 0 Å². The number of nitrogens with two attached hydrogens (primary N) is 1. The van der Waals surface area contributed by atoms with E-state index in [1.807, 2.05) is 12.1 Å². The maximum absolute atomic E-state index is 12.7. The lowest BCUT2D eigenvalue weighted by Gasteiger charge is -2.32. The number of rotatable bonds is 5. The van der Waals surface area contributed by atoms with Crippen molar-refractivity contribution in [1.82, 2.24) is 25.0 Å². The highest BCUT2D eigenvalue weighted by Gasteiger charge is 2.27. The van der Waals surface area contributed by atoms with E-state index in [0.29, 0.717) is 23.6 Å². The number of carbonyl (C=O) groups is 2. The molecular weight excluding hydrogens is 372 g/mol. The minimum absolute atomic E-state index is 0.0614. The van der Waals surface area contributed by atoms with Crippen molar-refractivity contribution in [3.63, 3.8) is 0 Å². The van der Waals surface area contributed by atoms with Gasteiger partial charge in [-0.25, -0.2) is 9.67 Å². The minimum Gasteiger partial charge on any atom is -0.366 e. The Morgan fingerprint density at radius 2 is 1.83 bits per heavy atom. The van der Waals surface area contributed by atoms with E-state index in [1.54, 1.807) is 30.6 Å². The molecule has 1 fully saturated rings. The Hall–Kier alpha value is -3.82. The molecule has 0 bridgehead atoms. The maximum atomic E-state index is 12.7. The van der Waals surface area contributed by atoms with E-state index >= 15 is 0 Å². The molecule has 29 heavy (non-hydrogen) atoms. The van der Waals surface area contributed by atoms with Crippen LogP contribution in [0.1, 0.15) is 23.2 Å². The minimum atomic E-state index is -0.498. The number of hydrogen-bond acceptors (Lipinski definition) is 7. The van der Waals surface area contributed by atoms with Crippen LogP contribution in [0.3, 0.4) is 0 Å². The van der Waals surface area contributed by atoms with Crippen LogP contribution in [0, 0.1) is 5.92 Å². The summed E-state index contributed by atoms with van der Waals surface area (Å²) < 4.78 is 1.53. The molecule has 1 aliphatic heterocycles. The van der Waals surface area contributed by atoms with Crippen LogP contribution < -0.4 is 16.0 Å². The summed E-state index contributed by atoms with van der Waals surface area (Å²) in [5.41, 5.74) is 6.27. The highest BCUT2D eigenvalue weighted by atomic mass is 16.2. The molecule has 1 saturated heterocycles. The second kappa shape index (κ2) is 8.05. The molecule has 3 heterocycles. The van der Waals surface area contributed by atoms with E-state index < -0.39 is 5.91 Å². The van der Waals surface area contributed by atoms with Gasteiger partial charge in [-0.1, -0.05) is 0 Å². The van der Waals surface area contributed by atoms with Gasteiger partial charge in [-0.2, -0.15) is 5.10 Å². The van der Waals surface area contributed by atoms with E-state index in [-0.39, 0.29) is 11.8 Å². The normalized spacial score (nSPS) is 16.4. The zero-order chi connectivity index (χ0) is 20.2. The molecule has 4 rings (SSSR count). The number of hydrogen-bond donors (Lipinski definition) is 2. The molecule has 2 aromatic heterocycles. The third-order valence-corrected chi connectivity index (χ3v) is 4.84. The summed E-state index contributed by atoms with van der Waals surface area (Å²) in [5.74, 6) is 0.570. The molecule has 0 radical (unpaired) electrons. The molecule has 0 aliphatic carbocycles. The molecule has 2 amide bonds. The average molecular weight is 392 g/mol. The highest BCUT2D eigenvalue weighted by Crippen LogP contribution is 2.23. The third kappa shape index (κ3) is 4.21. The quantitative estimate of drug-likeness (QED) is 0.662. The van der Waals surface area contributed by atoms with Crippen molar-refractivity contribution in [3.8, 4) is 5.82 Å². The van der Waals surface area contributed by atoms with Crippen LogP contribution in [0.4, 0.5) is 11.5 Å². The van der Waals surface area contributed by atoms with Gasteiger partial charge in [0.2, 0.25) is 11.8 Å². The number of carbonyl (C=O) groups excluding carboxylic acids is 2. The Morgan fingerprint density at radius 1 is 1.07 bits per heavy atom. The number of aromatic nitrogens is 5. The Labute approximate surface area is 166 Å². The number of primary amides is 1. The van der Waals surface area contributed by atoms with Gasteiger partial charge in [-0.05, 0) is 49.2 Å². The van der Waals surface area contributed by atoms with Crippen LogP contribution >= 0.6 is 0 Å². The summed E-state index contributed by atoms with van der Waals surface area (Å²) in [6.07, 6.45) is 4.67. The molecule has 1 aliphatic rings. The first-order valence-electron chi connectivity index (χ1n) is 9.24. The first-order valence-corrected chi connectivity index (χ1v) is 9.24. The van der Waals surface area contributed by atoms with Gasteiger partial charge in [0.05, 0.1) is 5.92 Å². The zero-order valence-corrected chi connectivity index (χ0v) is 15.6. The highest BCUT2D eigenvalue weighted by molar-refractivity contribution is 5.95. The van der Waals surface area contributed by atoms with Gasteiger partial charge in [0, 0.05) is 24.3 Å².